The van der Waals surface area contributed by atoms with Crippen molar-refractivity contribution in [1.82, 2.24) is 0 Å². The van der Waals surface area contributed by atoms with Gasteiger partial charge in [-0.05, 0) is 42.0 Å². The molecule has 0 aliphatic carbocycles. The molecule has 2 aromatic rings. The number of amides is 1. The molecule has 0 radical (unpaired) electrons. The van der Waals surface area contributed by atoms with Gasteiger partial charge in [0.1, 0.15) is 5.82 Å². The Hall–Kier alpha value is -1.53. The van der Waals surface area contributed by atoms with Crippen molar-refractivity contribution in [2.24, 2.45) is 0 Å². The van der Waals surface area contributed by atoms with E-state index in [2.05, 4.69) is 5.32 Å². The van der Waals surface area contributed by atoms with Gasteiger partial charge in [0.05, 0.1) is 4.88 Å². The zero-order chi connectivity index (χ0) is 14.1. The molecule has 20 heavy (non-hydrogen) atoms. The second-order valence-corrected chi connectivity index (χ2v) is 6.83. The summed E-state index contributed by atoms with van der Waals surface area (Å²) in [5.41, 5.74) is 7.48. The number of thioether (sulfide) groups is 1. The van der Waals surface area contributed by atoms with Crippen molar-refractivity contribution in [1.29, 1.82) is 0 Å². The van der Waals surface area contributed by atoms with Crippen LogP contribution in [-0.2, 0) is 12.2 Å². The Labute approximate surface area is 124 Å². The maximum Gasteiger partial charge on any atom is 0.265 e. The molecule has 0 atom stereocenters. The minimum Gasteiger partial charge on any atom is -0.399 e. The summed E-state index contributed by atoms with van der Waals surface area (Å²) in [5, 5.41) is 2.69. The number of nitrogens with two attached hydrogens (primary N) is 1. The zero-order valence-corrected chi connectivity index (χ0v) is 12.2. The average molecular weight is 308 g/mol. The minimum absolute atomic E-state index is 0.209. The first-order valence-corrected chi connectivity index (χ1v) is 8.16. The highest BCUT2D eigenvalue weighted by Crippen LogP contribution is 2.32. The van der Waals surface area contributed by atoms with Gasteiger partial charge in [-0.2, -0.15) is 11.8 Å². The number of aryl methyl sites for hydroxylation is 1. The number of thiophene rings is 1. The Morgan fingerprint density at radius 3 is 2.90 bits per heavy atom. The summed E-state index contributed by atoms with van der Waals surface area (Å²) >= 11 is 3.40. The first-order valence-electron chi connectivity index (χ1n) is 6.18. The molecule has 0 fully saturated rings. The van der Waals surface area contributed by atoms with E-state index in [1.54, 1.807) is 6.07 Å². The topological polar surface area (TPSA) is 55.1 Å². The third-order valence-corrected chi connectivity index (χ3v) is 5.27. The molecule has 1 amide bonds. The molecule has 0 bridgehead atoms. The van der Waals surface area contributed by atoms with Crippen LogP contribution in [0.1, 0.15) is 20.1 Å². The van der Waals surface area contributed by atoms with E-state index in [9.17, 15) is 9.18 Å². The second kappa shape index (κ2) is 5.46. The number of anilines is 2. The van der Waals surface area contributed by atoms with Crippen molar-refractivity contribution in [3.8, 4) is 0 Å². The van der Waals surface area contributed by atoms with Crippen LogP contribution in [0.4, 0.5) is 15.8 Å². The molecule has 3 N–H and O–H groups in total. The highest BCUT2D eigenvalue weighted by Gasteiger charge is 2.17. The van der Waals surface area contributed by atoms with Crippen molar-refractivity contribution < 1.29 is 9.18 Å². The number of carbonyl (C=O) groups is 1. The lowest BCUT2D eigenvalue weighted by molar-refractivity contribution is 0.103. The molecule has 0 spiro atoms. The van der Waals surface area contributed by atoms with E-state index in [1.807, 2.05) is 17.8 Å². The Bertz CT molecular complexity index is 625. The largest absolute Gasteiger partial charge is 0.399 e. The maximum absolute atomic E-state index is 13.2. The van der Waals surface area contributed by atoms with E-state index < -0.39 is 5.82 Å². The summed E-state index contributed by atoms with van der Waals surface area (Å²) in [7, 11) is 0. The average Bonchev–Trinajstić information content (AvgIpc) is 2.81. The van der Waals surface area contributed by atoms with E-state index in [4.69, 9.17) is 5.73 Å². The molecular formula is C14H13FN2OS2. The van der Waals surface area contributed by atoms with Crippen LogP contribution in [0.3, 0.4) is 0 Å². The standard InChI is InChI=1S/C14H13FN2OS2/c15-9-4-10(16)6-11(5-9)17-14(18)13-3-8-7-19-2-1-12(8)20-13/h3-6H,1-2,7,16H2,(H,17,18). The monoisotopic (exact) mass is 308 g/mol. The summed E-state index contributed by atoms with van der Waals surface area (Å²) in [6, 6.07) is 5.96. The Morgan fingerprint density at radius 1 is 1.30 bits per heavy atom. The van der Waals surface area contributed by atoms with Gasteiger partial charge in [0, 0.05) is 22.0 Å². The predicted octanol–water partition coefficient (Wildman–Crippen LogP) is 3.51. The highest BCUT2D eigenvalue weighted by atomic mass is 32.2. The van der Waals surface area contributed by atoms with Crippen LogP contribution >= 0.6 is 23.1 Å². The van der Waals surface area contributed by atoms with E-state index in [0.29, 0.717) is 16.3 Å². The third-order valence-electron chi connectivity index (χ3n) is 3.03. The summed E-state index contributed by atoms with van der Waals surface area (Å²) in [4.78, 5) is 14.1. The number of nitrogens with one attached hydrogen (secondary N) is 1. The normalized spacial score (nSPS) is 13.8. The SMILES string of the molecule is Nc1cc(F)cc(NC(=O)c2cc3c(s2)CCSC3)c1. The van der Waals surface area contributed by atoms with E-state index in [0.717, 1.165) is 17.9 Å². The van der Waals surface area contributed by atoms with Gasteiger partial charge >= 0.3 is 0 Å². The lowest BCUT2D eigenvalue weighted by Gasteiger charge is -2.08. The van der Waals surface area contributed by atoms with Crippen LogP contribution in [0.25, 0.3) is 0 Å². The van der Waals surface area contributed by atoms with Gasteiger partial charge in [0.2, 0.25) is 0 Å². The fourth-order valence-electron chi connectivity index (χ4n) is 2.14. The van der Waals surface area contributed by atoms with Gasteiger partial charge in [-0.15, -0.1) is 11.3 Å². The molecule has 0 unspecified atom stereocenters. The molecule has 3 nitrogen and oxygen atoms in total. The van der Waals surface area contributed by atoms with Gasteiger partial charge in [0.25, 0.3) is 5.91 Å². The van der Waals surface area contributed by atoms with Crippen LogP contribution < -0.4 is 11.1 Å². The molecule has 1 aliphatic rings. The smallest absolute Gasteiger partial charge is 0.265 e. The van der Waals surface area contributed by atoms with E-state index in [-0.39, 0.29) is 5.91 Å². The van der Waals surface area contributed by atoms with Crippen molar-refractivity contribution in [2.75, 3.05) is 16.8 Å². The summed E-state index contributed by atoms with van der Waals surface area (Å²) in [5.74, 6) is 1.41. The van der Waals surface area contributed by atoms with Crippen LogP contribution in [0.2, 0.25) is 0 Å². The summed E-state index contributed by atoms with van der Waals surface area (Å²) in [6.07, 6.45) is 1.02. The lowest BCUT2D eigenvalue weighted by Crippen LogP contribution is -2.10. The zero-order valence-electron chi connectivity index (χ0n) is 10.6. The van der Waals surface area contributed by atoms with Crippen LogP contribution in [-0.4, -0.2) is 11.7 Å². The number of rotatable bonds is 2. The molecule has 2 heterocycles. The van der Waals surface area contributed by atoms with Crippen molar-refractivity contribution in [3.63, 3.8) is 0 Å². The number of hydrogen-bond donors (Lipinski definition) is 2. The van der Waals surface area contributed by atoms with Crippen LogP contribution in [0.5, 0.6) is 0 Å². The van der Waals surface area contributed by atoms with Gasteiger partial charge in [-0.1, -0.05) is 0 Å². The number of hydrogen-bond acceptors (Lipinski definition) is 4. The number of carbonyl (C=O) groups excluding carboxylic acids is 1. The van der Waals surface area contributed by atoms with Gasteiger partial charge in [-0.25, -0.2) is 4.39 Å². The molecule has 0 saturated carbocycles. The fourth-order valence-corrected chi connectivity index (χ4v) is 4.40. The van der Waals surface area contributed by atoms with Crippen molar-refractivity contribution in [3.05, 3.63) is 45.4 Å². The Kier molecular flexibility index (Phi) is 3.67. The molecular weight excluding hydrogens is 295 g/mol. The predicted molar refractivity (Wildman–Crippen MR) is 83.0 cm³/mol. The summed E-state index contributed by atoms with van der Waals surface area (Å²) < 4.78 is 13.2. The highest BCUT2D eigenvalue weighted by molar-refractivity contribution is 7.98. The number of fused-ring (bicyclic) bond motifs is 1. The molecule has 0 saturated heterocycles. The second-order valence-electron chi connectivity index (χ2n) is 4.59. The molecule has 104 valence electrons. The molecule has 6 heteroatoms. The number of halogens is 1. The Morgan fingerprint density at radius 2 is 2.15 bits per heavy atom. The van der Waals surface area contributed by atoms with Crippen LogP contribution in [0.15, 0.2) is 24.3 Å². The van der Waals surface area contributed by atoms with E-state index >= 15 is 0 Å². The molecule has 1 aromatic heterocycles. The molecule has 3 rings (SSSR count). The van der Waals surface area contributed by atoms with Gasteiger partial charge < -0.3 is 11.1 Å². The van der Waals surface area contributed by atoms with Crippen molar-refractivity contribution in [2.45, 2.75) is 12.2 Å². The molecule has 1 aromatic carbocycles. The number of benzene rings is 1. The number of nitrogen functional groups attached to an aromatic ring is 1. The fraction of sp³-hybridized carbons (Fsp3) is 0.214. The van der Waals surface area contributed by atoms with Gasteiger partial charge in [0.15, 0.2) is 0 Å². The maximum atomic E-state index is 13.2. The van der Waals surface area contributed by atoms with E-state index in [1.165, 1.54) is 33.9 Å². The molecule has 1 aliphatic heterocycles. The van der Waals surface area contributed by atoms with Gasteiger partial charge in [-0.3, -0.25) is 4.79 Å². The Balaban J connectivity index is 1.80. The summed E-state index contributed by atoms with van der Waals surface area (Å²) in [6.45, 7) is 0. The quantitative estimate of drug-likeness (QED) is 0.835. The first kappa shape index (κ1) is 13.5. The lowest BCUT2D eigenvalue weighted by atomic mass is 10.2. The van der Waals surface area contributed by atoms with Crippen LogP contribution in [0, 0.1) is 5.82 Å². The third kappa shape index (κ3) is 2.81. The van der Waals surface area contributed by atoms with Crippen molar-refractivity contribution >= 4 is 40.4 Å². The first-order chi connectivity index (χ1) is 9.61. The minimum atomic E-state index is -0.456.